The number of aromatic nitrogens is 1. The first-order valence-corrected chi connectivity index (χ1v) is 7.00. The summed E-state index contributed by atoms with van der Waals surface area (Å²) in [6.07, 6.45) is 1.90. The molecular weight excluding hydrogens is 268 g/mol. The molecule has 0 amide bonds. The normalized spacial score (nSPS) is 10.6. The minimum absolute atomic E-state index is 0.498. The summed E-state index contributed by atoms with van der Waals surface area (Å²) in [6.45, 7) is 4.42. The lowest BCUT2D eigenvalue weighted by molar-refractivity contribution is 0.305. The summed E-state index contributed by atoms with van der Waals surface area (Å²) in [5.74, 6) is 0.808. The van der Waals surface area contributed by atoms with E-state index in [4.69, 9.17) is 16.3 Å². The maximum atomic E-state index is 5.81. The number of hydrogen-bond donors (Lipinski definition) is 1. The summed E-state index contributed by atoms with van der Waals surface area (Å²) >= 11 is 7.48. The van der Waals surface area contributed by atoms with E-state index in [0.29, 0.717) is 11.6 Å². The third-order valence-corrected chi connectivity index (χ3v) is 3.55. The molecule has 0 saturated carbocycles. The third kappa shape index (κ3) is 3.98. The Morgan fingerprint density at radius 1 is 1.33 bits per heavy atom. The maximum absolute atomic E-state index is 5.81. The van der Waals surface area contributed by atoms with Crippen LogP contribution in [0.15, 0.2) is 30.5 Å². The summed E-state index contributed by atoms with van der Waals surface area (Å²) in [5.41, 5.74) is 0. The Labute approximate surface area is 116 Å². The van der Waals surface area contributed by atoms with Crippen LogP contribution in [0.2, 0.25) is 5.02 Å². The second-order valence-electron chi connectivity index (χ2n) is 3.74. The molecule has 0 aliphatic rings. The Balaban J connectivity index is 1.86. The Hall–Kier alpha value is -1.10. The second kappa shape index (κ2) is 6.73. The number of nitrogens with one attached hydrogen (secondary N) is 1. The summed E-state index contributed by atoms with van der Waals surface area (Å²) in [7, 11) is 0. The number of thiazole rings is 1. The topological polar surface area (TPSA) is 34.2 Å². The fourth-order valence-corrected chi connectivity index (χ4v) is 2.35. The van der Waals surface area contributed by atoms with Gasteiger partial charge in [-0.2, -0.15) is 0 Å². The molecule has 0 spiro atoms. The number of nitrogens with zero attached hydrogens (tertiary/aromatic N) is 1. The number of halogens is 1. The van der Waals surface area contributed by atoms with Gasteiger partial charge in [-0.1, -0.05) is 18.5 Å². The van der Waals surface area contributed by atoms with Crippen molar-refractivity contribution in [3.8, 4) is 5.75 Å². The van der Waals surface area contributed by atoms with E-state index in [-0.39, 0.29) is 0 Å². The predicted molar refractivity (Wildman–Crippen MR) is 75.3 cm³/mol. The molecule has 0 unspecified atom stereocenters. The van der Waals surface area contributed by atoms with Crippen LogP contribution in [-0.2, 0) is 13.2 Å². The number of hydrogen-bond acceptors (Lipinski definition) is 4. The van der Waals surface area contributed by atoms with Gasteiger partial charge in [0.1, 0.15) is 17.4 Å². The van der Waals surface area contributed by atoms with Gasteiger partial charge in [0, 0.05) is 22.6 Å². The zero-order valence-electron chi connectivity index (χ0n) is 10.1. The van der Waals surface area contributed by atoms with Crippen LogP contribution in [0.4, 0.5) is 0 Å². The summed E-state index contributed by atoms with van der Waals surface area (Å²) in [5, 5.41) is 4.97. The minimum atomic E-state index is 0.498. The molecule has 0 radical (unpaired) electrons. The number of benzene rings is 1. The van der Waals surface area contributed by atoms with Crippen molar-refractivity contribution in [2.45, 2.75) is 20.1 Å². The Kier molecular flexibility index (Phi) is 4.99. The van der Waals surface area contributed by atoms with Crippen LogP contribution >= 0.6 is 22.9 Å². The molecule has 0 aliphatic heterocycles. The van der Waals surface area contributed by atoms with Crippen LogP contribution in [-0.4, -0.2) is 11.5 Å². The van der Waals surface area contributed by atoms with Crippen molar-refractivity contribution in [2.75, 3.05) is 6.54 Å². The van der Waals surface area contributed by atoms with Crippen molar-refractivity contribution in [1.82, 2.24) is 10.3 Å². The molecule has 96 valence electrons. The van der Waals surface area contributed by atoms with Gasteiger partial charge in [0.2, 0.25) is 0 Å². The minimum Gasteiger partial charge on any atom is -0.486 e. The molecule has 5 heteroatoms. The van der Waals surface area contributed by atoms with Gasteiger partial charge in [0.05, 0.1) is 0 Å². The van der Waals surface area contributed by atoms with E-state index >= 15 is 0 Å². The quantitative estimate of drug-likeness (QED) is 0.881. The molecule has 1 aromatic carbocycles. The van der Waals surface area contributed by atoms with Gasteiger partial charge in [0.15, 0.2) is 0 Å². The highest BCUT2D eigenvalue weighted by Gasteiger charge is 2.02. The van der Waals surface area contributed by atoms with E-state index in [1.165, 1.54) is 4.88 Å². The molecule has 0 fully saturated rings. The van der Waals surface area contributed by atoms with E-state index in [1.807, 2.05) is 30.5 Å². The molecule has 0 aliphatic carbocycles. The fraction of sp³-hybridized carbons (Fsp3) is 0.308. The van der Waals surface area contributed by atoms with Crippen LogP contribution in [0.1, 0.15) is 16.8 Å². The first-order chi connectivity index (χ1) is 8.78. The third-order valence-electron chi connectivity index (χ3n) is 2.33. The van der Waals surface area contributed by atoms with Crippen molar-refractivity contribution in [1.29, 1.82) is 0 Å². The van der Waals surface area contributed by atoms with E-state index in [0.717, 1.165) is 23.8 Å². The van der Waals surface area contributed by atoms with Crippen molar-refractivity contribution in [3.63, 3.8) is 0 Å². The maximum Gasteiger partial charge on any atom is 0.140 e. The van der Waals surface area contributed by atoms with Crippen molar-refractivity contribution < 1.29 is 4.74 Å². The van der Waals surface area contributed by atoms with Gasteiger partial charge in [-0.15, -0.1) is 11.3 Å². The van der Waals surface area contributed by atoms with Crippen molar-refractivity contribution >= 4 is 22.9 Å². The van der Waals surface area contributed by atoms with E-state index in [9.17, 15) is 0 Å². The monoisotopic (exact) mass is 282 g/mol. The molecule has 1 aromatic heterocycles. The average Bonchev–Trinajstić information content (AvgIpc) is 2.84. The Morgan fingerprint density at radius 3 is 2.83 bits per heavy atom. The lowest BCUT2D eigenvalue weighted by atomic mass is 10.3. The van der Waals surface area contributed by atoms with E-state index < -0.39 is 0 Å². The molecular formula is C13H15ClN2OS. The van der Waals surface area contributed by atoms with Gasteiger partial charge in [-0.3, -0.25) is 0 Å². The van der Waals surface area contributed by atoms with Gasteiger partial charge < -0.3 is 10.1 Å². The number of ether oxygens (including phenoxy) is 1. The highest BCUT2D eigenvalue weighted by atomic mass is 35.5. The zero-order chi connectivity index (χ0) is 12.8. The van der Waals surface area contributed by atoms with E-state index in [1.54, 1.807) is 11.3 Å². The standard InChI is InChI=1S/C13H15ClN2OS/c1-2-15-7-12-8-16-13(18-12)9-17-11-5-3-10(14)4-6-11/h3-6,8,15H,2,7,9H2,1H3. The SMILES string of the molecule is CCNCc1cnc(COc2ccc(Cl)cc2)s1. The molecule has 3 nitrogen and oxygen atoms in total. The summed E-state index contributed by atoms with van der Waals surface area (Å²) in [6, 6.07) is 7.34. The fourth-order valence-electron chi connectivity index (χ4n) is 1.42. The molecule has 0 bridgehead atoms. The highest BCUT2D eigenvalue weighted by Crippen LogP contribution is 2.18. The second-order valence-corrected chi connectivity index (χ2v) is 5.38. The smallest absolute Gasteiger partial charge is 0.140 e. The molecule has 2 aromatic rings. The Morgan fingerprint density at radius 2 is 2.11 bits per heavy atom. The number of rotatable bonds is 6. The van der Waals surface area contributed by atoms with Crippen LogP contribution in [0.25, 0.3) is 0 Å². The molecule has 2 rings (SSSR count). The highest BCUT2D eigenvalue weighted by molar-refractivity contribution is 7.11. The first kappa shape index (κ1) is 13.3. The molecule has 0 atom stereocenters. The van der Waals surface area contributed by atoms with Crippen molar-refractivity contribution in [2.24, 2.45) is 0 Å². The summed E-state index contributed by atoms with van der Waals surface area (Å²) < 4.78 is 5.63. The average molecular weight is 283 g/mol. The van der Waals surface area contributed by atoms with Gasteiger partial charge in [-0.25, -0.2) is 4.98 Å². The van der Waals surface area contributed by atoms with Crippen LogP contribution in [0, 0.1) is 0 Å². The Bertz CT molecular complexity index is 484. The lowest BCUT2D eigenvalue weighted by Gasteiger charge is -2.03. The lowest BCUT2D eigenvalue weighted by Crippen LogP contribution is -2.10. The van der Waals surface area contributed by atoms with Crippen LogP contribution < -0.4 is 10.1 Å². The predicted octanol–water partition coefficient (Wildman–Crippen LogP) is 3.49. The summed E-state index contributed by atoms with van der Waals surface area (Å²) in [4.78, 5) is 5.56. The van der Waals surface area contributed by atoms with Gasteiger partial charge in [0.25, 0.3) is 0 Å². The zero-order valence-corrected chi connectivity index (χ0v) is 11.7. The van der Waals surface area contributed by atoms with Crippen molar-refractivity contribution in [3.05, 3.63) is 45.4 Å². The molecule has 0 saturated heterocycles. The van der Waals surface area contributed by atoms with Crippen LogP contribution in [0.5, 0.6) is 5.75 Å². The largest absolute Gasteiger partial charge is 0.486 e. The molecule has 1 N–H and O–H groups in total. The molecule has 1 heterocycles. The van der Waals surface area contributed by atoms with Crippen LogP contribution in [0.3, 0.4) is 0 Å². The first-order valence-electron chi connectivity index (χ1n) is 5.80. The van der Waals surface area contributed by atoms with E-state index in [2.05, 4.69) is 17.2 Å². The molecule has 18 heavy (non-hydrogen) atoms. The van der Waals surface area contributed by atoms with Gasteiger partial charge >= 0.3 is 0 Å². The van der Waals surface area contributed by atoms with Gasteiger partial charge in [-0.05, 0) is 30.8 Å².